The first-order valence-electron chi connectivity index (χ1n) is 15.6. The number of aromatic hydroxyl groups is 3. The summed E-state index contributed by atoms with van der Waals surface area (Å²) in [6, 6.07) is 22.1. The number of aryl methyl sites for hydroxylation is 1. The summed E-state index contributed by atoms with van der Waals surface area (Å²) in [5, 5.41) is 27.8. The predicted molar refractivity (Wildman–Crippen MR) is 180 cm³/mol. The van der Waals surface area contributed by atoms with Gasteiger partial charge in [0.25, 0.3) is 0 Å². The van der Waals surface area contributed by atoms with E-state index in [1.807, 2.05) is 43.2 Å². The highest BCUT2D eigenvalue weighted by Gasteiger charge is 2.22. The van der Waals surface area contributed by atoms with E-state index in [-0.39, 0.29) is 16.9 Å². The summed E-state index contributed by atoms with van der Waals surface area (Å²) in [5.41, 5.74) is 3.45. The van der Waals surface area contributed by atoms with Crippen LogP contribution in [0.5, 0.6) is 17.2 Å². The first kappa shape index (κ1) is 38.0. The van der Waals surface area contributed by atoms with Crippen LogP contribution >= 0.6 is 11.6 Å². The van der Waals surface area contributed by atoms with Crippen molar-refractivity contribution in [3.05, 3.63) is 89.5 Å². The summed E-state index contributed by atoms with van der Waals surface area (Å²) < 4.78 is 4.73. The Balaban J connectivity index is 0.000000353. The Morgan fingerprint density at radius 3 is 1.35 bits per heavy atom. The van der Waals surface area contributed by atoms with Crippen molar-refractivity contribution in [2.45, 2.75) is 103 Å². The molecule has 5 nitrogen and oxygen atoms in total. The molecule has 0 aromatic heterocycles. The molecule has 1 heterocycles. The Morgan fingerprint density at radius 2 is 1.02 bits per heavy atom. The highest BCUT2D eigenvalue weighted by Crippen LogP contribution is 2.33. The van der Waals surface area contributed by atoms with Crippen molar-refractivity contribution in [1.82, 2.24) is 0 Å². The summed E-state index contributed by atoms with van der Waals surface area (Å²) in [5.74, 6) is 1.58. The molecule has 0 saturated carbocycles. The molecule has 1 aliphatic heterocycles. The molecular weight excluding hydrogens is 560 g/mol. The Kier molecular flexibility index (Phi) is 19.9. The van der Waals surface area contributed by atoms with Crippen LogP contribution in [-0.4, -0.2) is 40.7 Å². The molecule has 3 N–H and O–H groups in total. The smallest absolute Gasteiger partial charge is 0.115 e. The van der Waals surface area contributed by atoms with E-state index in [0.717, 1.165) is 24.2 Å². The molecule has 0 spiro atoms. The summed E-state index contributed by atoms with van der Waals surface area (Å²) in [7, 11) is 0. The molecule has 238 valence electrons. The minimum atomic E-state index is -0.151. The van der Waals surface area contributed by atoms with Gasteiger partial charge in [-0.15, -0.1) is 11.6 Å². The Labute approximate surface area is 264 Å². The van der Waals surface area contributed by atoms with Crippen molar-refractivity contribution >= 4 is 18.4 Å². The molecule has 1 atom stereocenters. The van der Waals surface area contributed by atoms with Crippen LogP contribution < -0.4 is 0 Å². The minimum absolute atomic E-state index is 0.151. The van der Waals surface area contributed by atoms with E-state index in [1.165, 1.54) is 69.8 Å². The van der Waals surface area contributed by atoms with Gasteiger partial charge in [0.2, 0.25) is 0 Å². The molecule has 1 aliphatic rings. The van der Waals surface area contributed by atoms with Gasteiger partial charge in [0.15, 0.2) is 0 Å². The molecule has 1 fully saturated rings. The Morgan fingerprint density at radius 1 is 0.674 bits per heavy atom. The molecule has 0 bridgehead atoms. The minimum Gasteiger partial charge on any atom is -0.508 e. The van der Waals surface area contributed by atoms with Crippen LogP contribution in [0, 0.1) is 0 Å². The number of hydrogen-bond donors (Lipinski definition) is 3. The Bertz CT molecular complexity index is 1030. The molecule has 0 amide bonds. The predicted octanol–water partition coefficient (Wildman–Crippen LogP) is 9.72. The quantitative estimate of drug-likeness (QED) is 0.0957. The number of rotatable bonds is 14. The number of alkyl halides is 1. The fraction of sp³-hybridized carbons (Fsp3) is 0.486. The average molecular weight is 613 g/mol. The second-order valence-electron chi connectivity index (χ2n) is 11.4. The van der Waals surface area contributed by atoms with Gasteiger partial charge in [-0.1, -0.05) is 115 Å². The number of carbonyl (C=O) groups excluding carboxylic acids is 1. The average Bonchev–Trinajstić information content (AvgIpc) is 3.86. The summed E-state index contributed by atoms with van der Waals surface area (Å²) in [6.45, 7) is 9.38. The Hall–Kier alpha value is -3.02. The molecule has 4 rings (SSSR count). The van der Waals surface area contributed by atoms with Crippen LogP contribution in [-0.2, 0) is 21.4 Å². The maximum atomic E-state index is 9.30. The number of hydrogen-bond acceptors (Lipinski definition) is 5. The maximum absolute atomic E-state index is 9.30. The fourth-order valence-electron chi connectivity index (χ4n) is 4.56. The van der Waals surface area contributed by atoms with Crippen molar-refractivity contribution in [2.75, 3.05) is 12.5 Å². The van der Waals surface area contributed by atoms with Gasteiger partial charge in [-0.05, 0) is 65.9 Å². The largest absolute Gasteiger partial charge is 0.508 e. The molecule has 3 aromatic carbocycles. The highest BCUT2D eigenvalue weighted by molar-refractivity contribution is 6.18. The van der Waals surface area contributed by atoms with Crippen molar-refractivity contribution in [2.24, 2.45) is 0 Å². The number of ether oxygens (including phenoxy) is 1. The number of phenols is 3. The van der Waals surface area contributed by atoms with Crippen LogP contribution in [0.2, 0.25) is 0 Å². The van der Waals surface area contributed by atoms with Gasteiger partial charge in [0.05, 0.1) is 18.6 Å². The zero-order chi connectivity index (χ0) is 31.9. The van der Waals surface area contributed by atoms with Gasteiger partial charge in [-0.2, -0.15) is 0 Å². The summed E-state index contributed by atoms with van der Waals surface area (Å²) in [4.78, 5) is 8.00. The van der Waals surface area contributed by atoms with E-state index in [9.17, 15) is 15.3 Å². The monoisotopic (exact) mass is 612 g/mol. The van der Waals surface area contributed by atoms with Crippen molar-refractivity contribution in [3.8, 4) is 17.2 Å². The number of halogens is 1. The van der Waals surface area contributed by atoms with E-state index < -0.39 is 0 Å². The molecule has 6 heteroatoms. The normalized spacial score (nSPS) is 13.3. The lowest BCUT2D eigenvalue weighted by Crippen LogP contribution is -2.18. The molecule has 1 unspecified atom stereocenters. The van der Waals surface area contributed by atoms with Crippen LogP contribution in [0.4, 0.5) is 0 Å². The summed E-state index contributed by atoms with van der Waals surface area (Å²) in [6.07, 6.45) is 15.4. The number of phenolic OH excluding ortho intramolecular Hbond substituents is 3. The van der Waals surface area contributed by atoms with Gasteiger partial charge in [0.1, 0.15) is 24.0 Å². The lowest BCUT2D eigenvalue weighted by atomic mass is 9.78. The van der Waals surface area contributed by atoms with Crippen molar-refractivity contribution in [1.29, 1.82) is 0 Å². The van der Waals surface area contributed by atoms with Gasteiger partial charge in [-0.25, -0.2) is 0 Å². The number of epoxide rings is 1. The summed E-state index contributed by atoms with van der Waals surface area (Å²) >= 11 is 5.27. The van der Waals surface area contributed by atoms with Crippen molar-refractivity contribution in [3.63, 3.8) is 0 Å². The van der Waals surface area contributed by atoms with E-state index >= 15 is 0 Å². The lowest BCUT2D eigenvalue weighted by molar-refractivity contribution is -0.0980. The topological polar surface area (TPSA) is 90.3 Å². The first-order chi connectivity index (χ1) is 20.8. The SMILES string of the molecule is C=O.CC(C)(c1ccc(O)cc1)c1ccc(O)cc1.CCCCCCCCCCCCc1ccc(O)cc1.ClCC1CO1. The standard InChI is InChI=1S/C18H30O.C15H16O2.C3H5ClO.CH2O/c1-2-3-4-5-6-7-8-9-10-11-12-17-13-15-18(19)16-14-17;1-15(2,11-3-7-13(16)8-4-11)12-5-9-14(17)10-6-12;4-1-3-2-5-3;1-2/h13-16,19H,2-12H2,1H3;3-10,16-17H,1-2H3;3H,1-2H2;1H2. The molecule has 0 aliphatic carbocycles. The third-order valence-corrected chi connectivity index (χ3v) is 7.85. The molecule has 3 aromatic rings. The third kappa shape index (κ3) is 17.0. The highest BCUT2D eigenvalue weighted by atomic mass is 35.5. The van der Waals surface area contributed by atoms with E-state index in [4.69, 9.17) is 21.1 Å². The third-order valence-electron chi connectivity index (χ3n) is 7.51. The van der Waals surface area contributed by atoms with Crippen molar-refractivity contribution < 1.29 is 24.9 Å². The first-order valence-corrected chi connectivity index (χ1v) is 16.1. The second-order valence-corrected chi connectivity index (χ2v) is 11.7. The van der Waals surface area contributed by atoms with Gasteiger partial charge in [-0.3, -0.25) is 0 Å². The molecule has 1 saturated heterocycles. The van der Waals surface area contributed by atoms with E-state index in [1.54, 1.807) is 36.4 Å². The molecule has 43 heavy (non-hydrogen) atoms. The second kappa shape index (κ2) is 22.5. The van der Waals surface area contributed by atoms with Crippen LogP contribution in [0.1, 0.15) is 102 Å². The fourth-order valence-corrected chi connectivity index (χ4v) is 4.74. The van der Waals surface area contributed by atoms with Crippen LogP contribution in [0.3, 0.4) is 0 Å². The zero-order valence-corrected chi connectivity index (χ0v) is 27.2. The van der Waals surface area contributed by atoms with Crippen LogP contribution in [0.25, 0.3) is 0 Å². The van der Waals surface area contributed by atoms with E-state index in [0.29, 0.717) is 17.7 Å². The van der Waals surface area contributed by atoms with Gasteiger partial charge >= 0.3 is 0 Å². The van der Waals surface area contributed by atoms with E-state index in [2.05, 4.69) is 20.8 Å². The maximum Gasteiger partial charge on any atom is 0.115 e. The van der Waals surface area contributed by atoms with Crippen LogP contribution in [0.15, 0.2) is 72.8 Å². The number of carbonyl (C=O) groups is 1. The molecular formula is C37H53ClO5. The zero-order valence-electron chi connectivity index (χ0n) is 26.4. The van der Waals surface area contributed by atoms with Gasteiger partial charge in [0, 0.05) is 5.41 Å². The number of benzene rings is 3. The molecule has 0 radical (unpaired) electrons. The number of unbranched alkanes of at least 4 members (excludes halogenated alkanes) is 9. The van der Waals surface area contributed by atoms with Gasteiger partial charge < -0.3 is 24.9 Å². The lowest BCUT2D eigenvalue weighted by Gasteiger charge is -2.26.